The summed E-state index contributed by atoms with van der Waals surface area (Å²) in [7, 11) is 0. The van der Waals surface area contributed by atoms with E-state index in [0.717, 1.165) is 43.0 Å². The van der Waals surface area contributed by atoms with Gasteiger partial charge in [0.15, 0.2) is 0 Å². The molecule has 1 fully saturated rings. The van der Waals surface area contributed by atoms with Crippen molar-refractivity contribution in [2.24, 2.45) is 5.92 Å². The van der Waals surface area contributed by atoms with Gasteiger partial charge >= 0.3 is 6.03 Å². The van der Waals surface area contributed by atoms with E-state index in [4.69, 9.17) is 4.74 Å². The molecule has 0 spiro atoms. The summed E-state index contributed by atoms with van der Waals surface area (Å²) in [5.74, 6) is 0.409. The Bertz CT molecular complexity index is 710. The van der Waals surface area contributed by atoms with Crippen LogP contribution in [-0.2, 0) is 4.74 Å². The number of anilines is 1. The molecule has 1 aliphatic heterocycles. The molecule has 2 amide bonds. The van der Waals surface area contributed by atoms with Gasteiger partial charge in [-0.25, -0.2) is 4.79 Å². The van der Waals surface area contributed by atoms with Crippen LogP contribution >= 0.6 is 0 Å². The van der Waals surface area contributed by atoms with Crippen molar-refractivity contribution in [2.75, 3.05) is 25.1 Å². The highest BCUT2D eigenvalue weighted by Gasteiger charge is 2.14. The molecule has 2 aromatic rings. The fourth-order valence-corrected chi connectivity index (χ4v) is 2.76. The SMILES string of the molecule is O=C(NC[C@@H]1CCCOC1)Nc1cccc(/C=C/c2ccccn2)c1. The van der Waals surface area contributed by atoms with Crippen molar-refractivity contribution >= 4 is 23.9 Å². The maximum Gasteiger partial charge on any atom is 0.319 e. The second-order valence-electron chi connectivity index (χ2n) is 6.13. The first kappa shape index (κ1) is 17.2. The second-order valence-corrected chi connectivity index (χ2v) is 6.13. The summed E-state index contributed by atoms with van der Waals surface area (Å²) in [6.07, 6.45) is 7.86. The second kappa shape index (κ2) is 8.99. The topological polar surface area (TPSA) is 63.2 Å². The Labute approximate surface area is 148 Å². The Hall–Kier alpha value is -2.66. The first-order chi connectivity index (χ1) is 12.3. The molecular weight excluding hydrogens is 314 g/mol. The van der Waals surface area contributed by atoms with E-state index in [9.17, 15) is 4.79 Å². The monoisotopic (exact) mass is 337 g/mol. The molecule has 25 heavy (non-hydrogen) atoms. The third-order valence-corrected chi connectivity index (χ3v) is 4.08. The Balaban J connectivity index is 1.52. The van der Waals surface area contributed by atoms with E-state index in [2.05, 4.69) is 15.6 Å². The lowest BCUT2D eigenvalue weighted by Gasteiger charge is -2.22. The summed E-state index contributed by atoms with van der Waals surface area (Å²) in [5, 5.41) is 5.80. The van der Waals surface area contributed by atoms with Crippen LogP contribution in [0.25, 0.3) is 12.2 Å². The third kappa shape index (κ3) is 5.72. The Morgan fingerprint density at radius 2 is 2.20 bits per heavy atom. The van der Waals surface area contributed by atoms with Crippen LogP contribution in [0.1, 0.15) is 24.1 Å². The number of hydrogen-bond donors (Lipinski definition) is 2. The highest BCUT2D eigenvalue weighted by atomic mass is 16.5. The molecule has 0 unspecified atom stereocenters. The number of carbonyl (C=O) groups excluding carboxylic acids is 1. The maximum absolute atomic E-state index is 12.1. The maximum atomic E-state index is 12.1. The van der Waals surface area contributed by atoms with Gasteiger partial charge in [0.1, 0.15) is 0 Å². The standard InChI is InChI=1S/C20H23N3O2/c24-20(22-14-17-6-4-12-25-15-17)23-19-8-3-5-16(13-19)9-10-18-7-1-2-11-21-18/h1-3,5,7-11,13,17H,4,6,12,14-15H2,(H2,22,23,24)/b10-9+/t17-/m0/s1. The summed E-state index contributed by atoms with van der Waals surface area (Å²) in [6.45, 7) is 2.21. The van der Waals surface area contributed by atoms with Crippen molar-refractivity contribution in [2.45, 2.75) is 12.8 Å². The summed E-state index contributed by atoms with van der Waals surface area (Å²) >= 11 is 0. The number of ether oxygens (including phenoxy) is 1. The lowest BCUT2D eigenvalue weighted by Crippen LogP contribution is -2.35. The van der Waals surface area contributed by atoms with Crippen molar-refractivity contribution in [3.8, 4) is 0 Å². The van der Waals surface area contributed by atoms with Gasteiger partial charge in [0.05, 0.1) is 12.3 Å². The van der Waals surface area contributed by atoms with Crippen molar-refractivity contribution < 1.29 is 9.53 Å². The molecule has 130 valence electrons. The molecule has 0 aliphatic carbocycles. The number of pyridine rings is 1. The predicted molar refractivity (Wildman–Crippen MR) is 100 cm³/mol. The Morgan fingerprint density at radius 3 is 3.00 bits per heavy atom. The van der Waals surface area contributed by atoms with Crippen LogP contribution in [0.2, 0.25) is 0 Å². The lowest BCUT2D eigenvalue weighted by molar-refractivity contribution is 0.0559. The molecule has 1 saturated heterocycles. The number of nitrogens with zero attached hydrogens (tertiary/aromatic N) is 1. The molecule has 3 rings (SSSR count). The lowest BCUT2D eigenvalue weighted by atomic mass is 10.0. The van der Waals surface area contributed by atoms with Crippen molar-refractivity contribution in [1.29, 1.82) is 0 Å². The van der Waals surface area contributed by atoms with Gasteiger partial charge in [-0.05, 0) is 54.7 Å². The number of aromatic nitrogens is 1. The zero-order valence-electron chi connectivity index (χ0n) is 14.2. The minimum atomic E-state index is -0.184. The van der Waals surface area contributed by atoms with Crippen LogP contribution < -0.4 is 10.6 Å². The molecule has 1 aliphatic rings. The van der Waals surface area contributed by atoms with Crippen LogP contribution in [0.5, 0.6) is 0 Å². The van der Waals surface area contributed by atoms with Crippen LogP contribution in [0.15, 0.2) is 48.7 Å². The van der Waals surface area contributed by atoms with E-state index in [1.54, 1.807) is 6.20 Å². The molecule has 1 aromatic carbocycles. The number of benzene rings is 1. The van der Waals surface area contributed by atoms with Gasteiger partial charge in [-0.2, -0.15) is 0 Å². The number of urea groups is 1. The predicted octanol–water partition coefficient (Wildman–Crippen LogP) is 3.80. The summed E-state index contributed by atoms with van der Waals surface area (Å²) in [6, 6.07) is 13.3. The first-order valence-corrected chi connectivity index (χ1v) is 8.61. The van der Waals surface area contributed by atoms with Crippen LogP contribution in [-0.4, -0.2) is 30.8 Å². The molecule has 2 N–H and O–H groups in total. The number of hydrogen-bond acceptors (Lipinski definition) is 3. The molecule has 2 heterocycles. The van der Waals surface area contributed by atoms with Gasteiger partial charge in [0, 0.05) is 25.0 Å². The fourth-order valence-electron chi connectivity index (χ4n) is 2.76. The number of rotatable bonds is 5. The zero-order chi connectivity index (χ0) is 17.3. The normalized spacial score (nSPS) is 17.4. The van der Waals surface area contributed by atoms with E-state index in [1.807, 2.05) is 54.6 Å². The van der Waals surface area contributed by atoms with Crippen molar-refractivity contribution in [3.05, 3.63) is 59.9 Å². The van der Waals surface area contributed by atoms with Crippen LogP contribution in [0.4, 0.5) is 10.5 Å². The minimum Gasteiger partial charge on any atom is -0.381 e. The molecule has 1 aromatic heterocycles. The first-order valence-electron chi connectivity index (χ1n) is 8.61. The number of amides is 2. The molecule has 0 saturated carbocycles. The molecule has 0 radical (unpaired) electrons. The van der Waals surface area contributed by atoms with Gasteiger partial charge in [-0.15, -0.1) is 0 Å². The fraction of sp³-hybridized carbons (Fsp3) is 0.300. The van der Waals surface area contributed by atoms with E-state index in [-0.39, 0.29) is 6.03 Å². The summed E-state index contributed by atoms with van der Waals surface area (Å²) < 4.78 is 5.43. The van der Waals surface area contributed by atoms with E-state index < -0.39 is 0 Å². The molecule has 1 atom stereocenters. The van der Waals surface area contributed by atoms with E-state index in [1.165, 1.54) is 0 Å². The number of carbonyl (C=O) groups is 1. The van der Waals surface area contributed by atoms with Gasteiger partial charge in [0.2, 0.25) is 0 Å². The van der Waals surface area contributed by atoms with E-state index >= 15 is 0 Å². The average molecular weight is 337 g/mol. The number of nitrogens with one attached hydrogen (secondary N) is 2. The smallest absolute Gasteiger partial charge is 0.319 e. The van der Waals surface area contributed by atoms with Crippen molar-refractivity contribution in [3.63, 3.8) is 0 Å². The molecule has 5 nitrogen and oxygen atoms in total. The highest BCUT2D eigenvalue weighted by molar-refractivity contribution is 5.89. The van der Waals surface area contributed by atoms with Gasteiger partial charge in [-0.3, -0.25) is 4.98 Å². The molecule has 0 bridgehead atoms. The minimum absolute atomic E-state index is 0.184. The molecular formula is C20H23N3O2. The van der Waals surface area contributed by atoms with E-state index in [0.29, 0.717) is 12.5 Å². The van der Waals surface area contributed by atoms with Gasteiger partial charge in [-0.1, -0.05) is 24.3 Å². The average Bonchev–Trinajstić information content (AvgIpc) is 2.67. The van der Waals surface area contributed by atoms with Gasteiger partial charge in [0.25, 0.3) is 0 Å². The van der Waals surface area contributed by atoms with Crippen LogP contribution in [0, 0.1) is 5.92 Å². The third-order valence-electron chi connectivity index (χ3n) is 4.08. The van der Waals surface area contributed by atoms with Crippen molar-refractivity contribution in [1.82, 2.24) is 10.3 Å². The Kier molecular flexibility index (Phi) is 6.17. The molecule has 5 heteroatoms. The van der Waals surface area contributed by atoms with Gasteiger partial charge < -0.3 is 15.4 Å². The zero-order valence-corrected chi connectivity index (χ0v) is 14.2. The summed E-state index contributed by atoms with van der Waals surface area (Å²) in [5.41, 5.74) is 2.66. The van der Waals surface area contributed by atoms with Crippen LogP contribution in [0.3, 0.4) is 0 Å². The largest absolute Gasteiger partial charge is 0.381 e. The summed E-state index contributed by atoms with van der Waals surface area (Å²) in [4.78, 5) is 16.3. The highest BCUT2D eigenvalue weighted by Crippen LogP contribution is 2.14. The Morgan fingerprint density at radius 1 is 1.24 bits per heavy atom. The quantitative estimate of drug-likeness (QED) is 0.872.